The summed E-state index contributed by atoms with van der Waals surface area (Å²) in [6.07, 6.45) is 0.394. The van der Waals surface area contributed by atoms with Crippen LogP contribution in [-0.4, -0.2) is 31.9 Å². The normalized spacial score (nSPS) is 10.6. The number of aromatic nitrogens is 4. The van der Waals surface area contributed by atoms with Gasteiger partial charge >= 0.3 is 0 Å². The van der Waals surface area contributed by atoms with E-state index in [-0.39, 0.29) is 5.91 Å². The fraction of sp³-hybridized carbons (Fsp3) is 0.176. The second kappa shape index (κ2) is 8.13. The second-order valence-corrected chi connectivity index (χ2v) is 6.83. The first kappa shape index (κ1) is 17.4. The van der Waals surface area contributed by atoms with E-state index in [0.717, 1.165) is 10.5 Å². The molecule has 6 nitrogen and oxygen atoms in total. The molecule has 128 valence electrons. The molecule has 0 aliphatic rings. The molecule has 0 fully saturated rings. The average Bonchev–Trinajstić information content (AvgIpc) is 3.03. The van der Waals surface area contributed by atoms with E-state index < -0.39 is 0 Å². The van der Waals surface area contributed by atoms with Crippen molar-refractivity contribution >= 4 is 35.0 Å². The highest BCUT2D eigenvalue weighted by molar-refractivity contribution is 7.99. The Hall–Kier alpha value is -2.38. The van der Waals surface area contributed by atoms with Crippen LogP contribution >= 0.6 is 23.4 Å². The minimum atomic E-state index is -0.0483. The lowest BCUT2D eigenvalue weighted by molar-refractivity contribution is -0.115. The highest BCUT2D eigenvalue weighted by Gasteiger charge is 2.08. The van der Waals surface area contributed by atoms with Gasteiger partial charge in [0.15, 0.2) is 5.82 Å². The smallest absolute Gasteiger partial charge is 0.225 e. The van der Waals surface area contributed by atoms with Crippen LogP contribution in [0.5, 0.6) is 0 Å². The molecule has 0 bridgehead atoms. The molecule has 1 N–H and O–H groups in total. The summed E-state index contributed by atoms with van der Waals surface area (Å²) >= 11 is 7.68. The summed E-state index contributed by atoms with van der Waals surface area (Å²) in [4.78, 5) is 13.1. The summed E-state index contributed by atoms with van der Waals surface area (Å²) in [7, 11) is 1.77. The van der Waals surface area contributed by atoms with Crippen molar-refractivity contribution in [2.24, 2.45) is 7.05 Å². The van der Waals surface area contributed by atoms with E-state index in [2.05, 4.69) is 20.8 Å². The van der Waals surface area contributed by atoms with Crippen LogP contribution in [0.15, 0.2) is 53.4 Å². The molecule has 1 aromatic heterocycles. The monoisotopic (exact) mass is 373 g/mol. The van der Waals surface area contributed by atoms with E-state index in [1.807, 2.05) is 48.5 Å². The van der Waals surface area contributed by atoms with Crippen molar-refractivity contribution in [1.82, 2.24) is 20.2 Å². The fourth-order valence-corrected chi connectivity index (χ4v) is 3.44. The Morgan fingerprint density at radius 3 is 2.84 bits per heavy atom. The number of benzene rings is 2. The quantitative estimate of drug-likeness (QED) is 0.667. The maximum atomic E-state index is 12.1. The highest BCUT2D eigenvalue weighted by atomic mass is 35.5. The molecule has 0 aliphatic heterocycles. The van der Waals surface area contributed by atoms with Gasteiger partial charge in [0.2, 0.25) is 5.91 Å². The number of halogens is 1. The molecule has 25 heavy (non-hydrogen) atoms. The number of amides is 1. The van der Waals surface area contributed by atoms with Crippen LogP contribution in [0.2, 0.25) is 5.02 Å². The van der Waals surface area contributed by atoms with Crippen molar-refractivity contribution in [2.45, 2.75) is 11.3 Å². The van der Waals surface area contributed by atoms with Crippen molar-refractivity contribution in [2.75, 3.05) is 11.1 Å². The minimum Gasteiger partial charge on any atom is -0.326 e. The van der Waals surface area contributed by atoms with Gasteiger partial charge in [0.25, 0.3) is 0 Å². The van der Waals surface area contributed by atoms with E-state index in [9.17, 15) is 4.79 Å². The van der Waals surface area contributed by atoms with Crippen LogP contribution in [0.25, 0.3) is 11.4 Å². The first-order chi connectivity index (χ1) is 12.1. The molecular weight excluding hydrogens is 358 g/mol. The van der Waals surface area contributed by atoms with Gasteiger partial charge in [0.1, 0.15) is 0 Å². The number of nitrogens with one attached hydrogen (secondary N) is 1. The maximum absolute atomic E-state index is 12.1. The zero-order valence-electron chi connectivity index (χ0n) is 13.5. The summed E-state index contributed by atoms with van der Waals surface area (Å²) in [5.74, 6) is 1.25. The van der Waals surface area contributed by atoms with Gasteiger partial charge in [-0.3, -0.25) is 4.79 Å². The van der Waals surface area contributed by atoms with Crippen molar-refractivity contribution in [3.8, 4) is 11.4 Å². The zero-order valence-corrected chi connectivity index (χ0v) is 15.1. The second-order valence-electron chi connectivity index (χ2n) is 5.28. The summed E-state index contributed by atoms with van der Waals surface area (Å²) in [6, 6.07) is 15.1. The molecule has 3 rings (SSSR count). The first-order valence-electron chi connectivity index (χ1n) is 7.63. The molecule has 0 radical (unpaired) electrons. The van der Waals surface area contributed by atoms with Crippen molar-refractivity contribution < 1.29 is 4.79 Å². The topological polar surface area (TPSA) is 72.7 Å². The average molecular weight is 374 g/mol. The molecular formula is C17H16ClN5OS. The zero-order chi connectivity index (χ0) is 17.6. The first-order valence-corrected chi connectivity index (χ1v) is 9.00. The number of tetrazole rings is 1. The minimum absolute atomic E-state index is 0.0483. The van der Waals surface area contributed by atoms with Gasteiger partial charge in [-0.1, -0.05) is 35.9 Å². The Kier molecular flexibility index (Phi) is 5.67. The largest absolute Gasteiger partial charge is 0.326 e. The Morgan fingerprint density at radius 2 is 2.08 bits per heavy atom. The molecule has 0 saturated carbocycles. The predicted molar refractivity (Wildman–Crippen MR) is 99.7 cm³/mol. The van der Waals surface area contributed by atoms with Crippen molar-refractivity contribution in [3.63, 3.8) is 0 Å². The number of thioether (sulfide) groups is 1. The van der Waals surface area contributed by atoms with Crippen LogP contribution in [0, 0.1) is 0 Å². The summed E-state index contributed by atoms with van der Waals surface area (Å²) in [5.41, 5.74) is 1.56. The number of nitrogens with zero attached hydrogens (tertiary/aromatic N) is 4. The number of aryl methyl sites for hydroxylation is 1. The van der Waals surface area contributed by atoms with Gasteiger partial charge in [-0.05, 0) is 34.7 Å². The number of hydrogen-bond acceptors (Lipinski definition) is 5. The third-order valence-corrected chi connectivity index (χ3v) is 4.96. The number of hydrogen-bond donors (Lipinski definition) is 1. The molecule has 0 spiro atoms. The predicted octanol–water partition coefficient (Wildman–Crippen LogP) is 3.65. The van der Waals surface area contributed by atoms with Gasteiger partial charge in [0, 0.05) is 35.4 Å². The molecule has 3 aromatic rings. The van der Waals surface area contributed by atoms with Crippen LogP contribution in [0.1, 0.15) is 6.42 Å². The Bertz CT molecular complexity index is 883. The molecule has 0 atom stereocenters. The lowest BCUT2D eigenvalue weighted by Crippen LogP contribution is -2.12. The van der Waals surface area contributed by atoms with E-state index in [1.165, 1.54) is 0 Å². The van der Waals surface area contributed by atoms with Gasteiger partial charge in [-0.25, -0.2) is 4.68 Å². The number of carbonyl (C=O) groups is 1. The lowest BCUT2D eigenvalue weighted by atomic mass is 10.2. The van der Waals surface area contributed by atoms with Crippen molar-refractivity contribution in [3.05, 3.63) is 53.6 Å². The maximum Gasteiger partial charge on any atom is 0.225 e. The fourth-order valence-electron chi connectivity index (χ4n) is 2.25. The lowest BCUT2D eigenvalue weighted by Gasteiger charge is -2.07. The summed E-state index contributed by atoms with van der Waals surface area (Å²) in [5, 5.41) is 15.0. The van der Waals surface area contributed by atoms with Gasteiger partial charge in [-0.15, -0.1) is 16.9 Å². The molecule has 0 aliphatic carbocycles. The van der Waals surface area contributed by atoms with Gasteiger partial charge in [-0.2, -0.15) is 0 Å². The van der Waals surface area contributed by atoms with E-state index >= 15 is 0 Å². The van der Waals surface area contributed by atoms with E-state index in [1.54, 1.807) is 23.5 Å². The van der Waals surface area contributed by atoms with Crippen molar-refractivity contribution in [1.29, 1.82) is 0 Å². The Morgan fingerprint density at radius 1 is 1.24 bits per heavy atom. The summed E-state index contributed by atoms with van der Waals surface area (Å²) in [6.45, 7) is 0. The van der Waals surface area contributed by atoms with Crippen LogP contribution in [0.4, 0.5) is 5.69 Å². The highest BCUT2D eigenvalue weighted by Crippen LogP contribution is 2.27. The number of anilines is 1. The SMILES string of the molecule is Cn1nnnc1-c1cccc(NC(=O)CCSc2ccccc2Cl)c1. The molecule has 2 aromatic carbocycles. The molecule has 0 unspecified atom stereocenters. The third-order valence-electron chi connectivity index (χ3n) is 3.45. The van der Waals surface area contributed by atoms with E-state index in [4.69, 9.17) is 11.6 Å². The molecule has 1 amide bonds. The number of rotatable bonds is 6. The van der Waals surface area contributed by atoms with E-state index in [0.29, 0.717) is 28.7 Å². The number of carbonyl (C=O) groups excluding carboxylic acids is 1. The van der Waals surface area contributed by atoms with Crippen LogP contribution in [-0.2, 0) is 11.8 Å². The standard InChI is InChI=1S/C17H16ClN5OS/c1-23-17(20-21-22-23)12-5-4-6-13(11-12)19-16(24)9-10-25-15-8-3-2-7-14(15)18/h2-8,11H,9-10H2,1H3,(H,19,24). The summed E-state index contributed by atoms with van der Waals surface area (Å²) < 4.78 is 1.58. The van der Waals surface area contributed by atoms with Gasteiger partial charge < -0.3 is 5.32 Å². The molecule has 0 saturated heterocycles. The Balaban J connectivity index is 1.56. The van der Waals surface area contributed by atoms with Crippen LogP contribution in [0.3, 0.4) is 0 Å². The van der Waals surface area contributed by atoms with Gasteiger partial charge in [0.05, 0.1) is 5.02 Å². The van der Waals surface area contributed by atoms with Crippen LogP contribution < -0.4 is 5.32 Å². The molecule has 1 heterocycles. The Labute approximate surface area is 154 Å². The molecule has 8 heteroatoms. The third kappa shape index (κ3) is 4.58.